The van der Waals surface area contributed by atoms with Crippen LogP contribution in [0.3, 0.4) is 0 Å². The number of carbonyl (C=O) groups excluding carboxylic acids is 2. The Morgan fingerprint density at radius 1 is 1.16 bits per heavy atom. The van der Waals surface area contributed by atoms with E-state index < -0.39 is 5.97 Å². The number of aromatic nitrogens is 1. The van der Waals surface area contributed by atoms with Crippen molar-refractivity contribution in [3.8, 4) is 21.9 Å². The Morgan fingerprint density at radius 2 is 1.94 bits per heavy atom. The average Bonchev–Trinajstić information content (AvgIpc) is 3.38. The van der Waals surface area contributed by atoms with Crippen LogP contribution in [-0.4, -0.2) is 37.7 Å². The lowest BCUT2D eigenvalue weighted by atomic mass is 10.1. The molecule has 0 spiro atoms. The third-order valence-electron chi connectivity index (χ3n) is 4.16. The summed E-state index contributed by atoms with van der Waals surface area (Å²) in [4.78, 5) is 30.3. The minimum Gasteiger partial charge on any atom is -0.493 e. The van der Waals surface area contributed by atoms with Crippen LogP contribution in [-0.2, 0) is 9.53 Å². The zero-order valence-corrected chi connectivity index (χ0v) is 19.2. The third-order valence-corrected chi connectivity index (χ3v) is 6.12. The van der Waals surface area contributed by atoms with Crippen molar-refractivity contribution < 1.29 is 23.8 Å². The highest BCUT2D eigenvalue weighted by atomic mass is 32.1. The molecular weight excluding hydrogens is 436 g/mol. The van der Waals surface area contributed by atoms with Gasteiger partial charge in [-0.1, -0.05) is 0 Å². The summed E-state index contributed by atoms with van der Waals surface area (Å²) in [6.07, 6.45) is 3.02. The Hall–Kier alpha value is -3.17. The number of ether oxygens (including phenoxy) is 3. The van der Waals surface area contributed by atoms with Crippen LogP contribution in [0.25, 0.3) is 16.5 Å². The maximum absolute atomic E-state index is 12.5. The molecule has 7 nitrogen and oxygen atoms in total. The molecule has 31 heavy (non-hydrogen) atoms. The van der Waals surface area contributed by atoms with Gasteiger partial charge in [0.25, 0.3) is 0 Å². The Labute approximate surface area is 188 Å². The summed E-state index contributed by atoms with van der Waals surface area (Å²) in [6, 6.07) is 7.21. The second-order valence-corrected chi connectivity index (χ2v) is 8.37. The molecule has 2 heterocycles. The first-order chi connectivity index (χ1) is 14.9. The highest BCUT2D eigenvalue weighted by Crippen LogP contribution is 2.39. The summed E-state index contributed by atoms with van der Waals surface area (Å²) in [6.45, 7) is 3.87. The van der Waals surface area contributed by atoms with E-state index in [-0.39, 0.29) is 12.5 Å². The number of hydrogen-bond donors (Lipinski definition) is 1. The predicted octanol–water partition coefficient (Wildman–Crippen LogP) is 5.03. The van der Waals surface area contributed by atoms with Crippen molar-refractivity contribution in [3.63, 3.8) is 0 Å². The minimum absolute atomic E-state index is 0.235. The molecule has 1 N–H and O–H groups in total. The van der Waals surface area contributed by atoms with E-state index in [1.54, 1.807) is 39.4 Å². The lowest BCUT2D eigenvalue weighted by Crippen LogP contribution is -2.11. The van der Waals surface area contributed by atoms with Crippen molar-refractivity contribution >= 4 is 46.3 Å². The molecule has 0 unspecified atom stereocenters. The number of rotatable bonds is 8. The molecule has 0 aliphatic heterocycles. The minimum atomic E-state index is -0.492. The molecule has 0 aliphatic rings. The lowest BCUT2D eigenvalue weighted by molar-refractivity contribution is -0.111. The van der Waals surface area contributed by atoms with Crippen molar-refractivity contribution in [1.82, 2.24) is 4.98 Å². The number of methoxy groups -OCH3 is 2. The third kappa shape index (κ3) is 5.50. The number of nitrogens with one attached hydrogen (secondary N) is 1. The van der Waals surface area contributed by atoms with E-state index in [0.717, 1.165) is 15.4 Å². The van der Waals surface area contributed by atoms with Gasteiger partial charge in [-0.2, -0.15) is 0 Å². The topological polar surface area (TPSA) is 86.8 Å². The van der Waals surface area contributed by atoms with E-state index >= 15 is 0 Å². The normalized spacial score (nSPS) is 10.8. The van der Waals surface area contributed by atoms with Gasteiger partial charge in [-0.3, -0.25) is 4.79 Å². The zero-order valence-electron chi connectivity index (χ0n) is 17.6. The standard InChI is InChI=1S/C22H22N2O5S2/c1-5-29-22(26)21-16(24-20(25)9-7-15-12-30-13(2)23-15)11-19(31-21)14-6-8-17(27-3)18(10-14)28-4/h6-12H,5H2,1-4H3,(H,24,25)/b9-7+. The van der Waals surface area contributed by atoms with E-state index in [1.807, 2.05) is 24.4 Å². The number of anilines is 1. The van der Waals surface area contributed by atoms with Gasteiger partial charge in [0.1, 0.15) is 4.88 Å². The molecule has 162 valence electrons. The molecule has 3 rings (SSSR count). The van der Waals surface area contributed by atoms with Crippen molar-refractivity contribution in [2.75, 3.05) is 26.1 Å². The van der Waals surface area contributed by atoms with Gasteiger partial charge in [-0.05, 0) is 49.8 Å². The number of carbonyl (C=O) groups is 2. The number of nitrogens with zero attached hydrogens (tertiary/aromatic N) is 1. The van der Waals surface area contributed by atoms with Gasteiger partial charge < -0.3 is 19.5 Å². The van der Waals surface area contributed by atoms with Gasteiger partial charge in [-0.25, -0.2) is 9.78 Å². The summed E-state index contributed by atoms with van der Waals surface area (Å²) in [5.41, 5.74) is 1.92. The molecule has 9 heteroatoms. The fraction of sp³-hybridized carbons (Fsp3) is 0.227. The zero-order chi connectivity index (χ0) is 22.4. The van der Waals surface area contributed by atoms with Gasteiger partial charge in [0.05, 0.1) is 37.2 Å². The Morgan fingerprint density at radius 3 is 2.58 bits per heavy atom. The van der Waals surface area contributed by atoms with Crippen molar-refractivity contribution in [3.05, 3.63) is 51.3 Å². The number of thiophene rings is 1. The highest BCUT2D eigenvalue weighted by Gasteiger charge is 2.20. The van der Waals surface area contributed by atoms with E-state index in [2.05, 4.69) is 10.3 Å². The fourth-order valence-corrected chi connectivity index (χ4v) is 4.34. The molecule has 3 aromatic rings. The smallest absolute Gasteiger partial charge is 0.350 e. The van der Waals surface area contributed by atoms with Gasteiger partial charge in [0.2, 0.25) is 5.91 Å². The average molecular weight is 459 g/mol. The molecule has 0 saturated heterocycles. The van der Waals surface area contributed by atoms with Gasteiger partial charge >= 0.3 is 5.97 Å². The van der Waals surface area contributed by atoms with Crippen molar-refractivity contribution in [2.24, 2.45) is 0 Å². The van der Waals surface area contributed by atoms with Crippen molar-refractivity contribution in [1.29, 1.82) is 0 Å². The highest BCUT2D eigenvalue weighted by molar-refractivity contribution is 7.18. The van der Waals surface area contributed by atoms with E-state index in [4.69, 9.17) is 14.2 Å². The second-order valence-electron chi connectivity index (χ2n) is 6.26. The number of hydrogen-bond acceptors (Lipinski definition) is 8. The monoisotopic (exact) mass is 458 g/mol. The molecule has 0 fully saturated rings. The molecule has 0 saturated carbocycles. The number of aryl methyl sites for hydroxylation is 1. The summed E-state index contributed by atoms with van der Waals surface area (Å²) in [5.74, 6) is 0.309. The number of thiazole rings is 1. The van der Waals surface area contributed by atoms with Crippen LogP contribution >= 0.6 is 22.7 Å². The van der Waals surface area contributed by atoms with Crippen LogP contribution < -0.4 is 14.8 Å². The molecule has 0 atom stereocenters. The predicted molar refractivity (Wildman–Crippen MR) is 123 cm³/mol. The van der Waals surface area contributed by atoms with E-state index in [1.165, 1.54) is 28.7 Å². The number of esters is 1. The quantitative estimate of drug-likeness (QED) is 0.377. The van der Waals surface area contributed by atoms with Crippen LogP contribution in [0.5, 0.6) is 11.5 Å². The van der Waals surface area contributed by atoms with Crippen LogP contribution in [0.1, 0.15) is 27.3 Å². The van der Waals surface area contributed by atoms with Crippen LogP contribution in [0, 0.1) is 6.92 Å². The molecule has 1 amide bonds. The lowest BCUT2D eigenvalue weighted by Gasteiger charge is -2.08. The second kappa shape index (κ2) is 10.2. The summed E-state index contributed by atoms with van der Waals surface area (Å²) in [7, 11) is 3.12. The largest absolute Gasteiger partial charge is 0.493 e. The summed E-state index contributed by atoms with van der Waals surface area (Å²) in [5, 5.41) is 5.55. The van der Waals surface area contributed by atoms with Crippen molar-refractivity contribution in [2.45, 2.75) is 13.8 Å². The first-order valence-electron chi connectivity index (χ1n) is 9.39. The molecule has 0 radical (unpaired) electrons. The Bertz CT molecular complexity index is 1120. The van der Waals surface area contributed by atoms with Crippen LogP contribution in [0.15, 0.2) is 35.7 Å². The maximum Gasteiger partial charge on any atom is 0.350 e. The number of benzene rings is 1. The van der Waals surface area contributed by atoms with Gasteiger partial charge in [0.15, 0.2) is 11.5 Å². The van der Waals surface area contributed by atoms with Crippen LogP contribution in [0.2, 0.25) is 0 Å². The molecule has 0 aliphatic carbocycles. The Kier molecular flexibility index (Phi) is 7.43. The van der Waals surface area contributed by atoms with E-state index in [0.29, 0.717) is 27.8 Å². The Balaban J connectivity index is 1.90. The maximum atomic E-state index is 12.5. The number of amides is 1. The first-order valence-corrected chi connectivity index (χ1v) is 11.1. The fourth-order valence-electron chi connectivity index (χ4n) is 2.76. The molecular formula is C22H22N2O5S2. The SMILES string of the molecule is CCOC(=O)c1sc(-c2ccc(OC)c(OC)c2)cc1NC(=O)/C=C/c1csc(C)n1. The molecule has 0 bridgehead atoms. The summed E-state index contributed by atoms with van der Waals surface area (Å²) >= 11 is 2.74. The molecule has 1 aromatic carbocycles. The first kappa shape index (κ1) is 22.5. The molecule has 2 aromatic heterocycles. The summed E-state index contributed by atoms with van der Waals surface area (Å²) < 4.78 is 15.8. The van der Waals surface area contributed by atoms with Crippen LogP contribution in [0.4, 0.5) is 5.69 Å². The van der Waals surface area contributed by atoms with Gasteiger partial charge in [-0.15, -0.1) is 22.7 Å². The van der Waals surface area contributed by atoms with E-state index in [9.17, 15) is 9.59 Å². The van der Waals surface area contributed by atoms with Gasteiger partial charge in [0, 0.05) is 16.3 Å².